The van der Waals surface area contributed by atoms with Crippen LogP contribution in [-0.4, -0.2) is 15.5 Å². The van der Waals surface area contributed by atoms with Crippen LogP contribution in [-0.2, 0) is 0 Å². The van der Waals surface area contributed by atoms with E-state index in [1.165, 1.54) is 0 Å². The van der Waals surface area contributed by atoms with E-state index in [1.807, 2.05) is 30.3 Å². The Balaban J connectivity index is 1.43. The number of guanidine groups is 1. The van der Waals surface area contributed by atoms with Gasteiger partial charge in [0.05, 0.1) is 11.0 Å². The number of nitrogens with two attached hydrogens (primary N) is 1. The summed E-state index contributed by atoms with van der Waals surface area (Å²) in [5, 5.41) is 3.09. The Morgan fingerprint density at radius 2 is 1.27 bits per heavy atom. The lowest BCUT2D eigenvalue weighted by molar-refractivity contribution is 0.626. The Kier molecular flexibility index (Phi) is 4.54. The first-order valence-electron chi connectivity index (χ1n) is 10.9. The van der Waals surface area contributed by atoms with Crippen molar-refractivity contribution in [2.75, 3.05) is 10.2 Å². The Morgan fingerprint density at radius 1 is 0.697 bits per heavy atom. The van der Waals surface area contributed by atoms with E-state index < -0.39 is 0 Å². The fraction of sp³-hybridized carbons (Fsp3) is 0.0370. The summed E-state index contributed by atoms with van der Waals surface area (Å²) >= 11 is 0. The predicted molar refractivity (Wildman–Crippen MR) is 134 cm³/mol. The van der Waals surface area contributed by atoms with Gasteiger partial charge in [-0.25, -0.2) is 9.98 Å². The Bertz CT molecular complexity index is 1400. The van der Waals surface area contributed by atoms with Gasteiger partial charge in [0.2, 0.25) is 5.95 Å². The van der Waals surface area contributed by atoms with Crippen LogP contribution in [0, 0.1) is 0 Å². The molecule has 2 heterocycles. The molecular formula is C27H22N6. The fourth-order valence-corrected chi connectivity index (χ4v) is 4.34. The molecule has 0 radical (unpaired) electrons. The molecule has 0 bridgehead atoms. The van der Waals surface area contributed by atoms with E-state index in [2.05, 4.69) is 98.6 Å². The van der Waals surface area contributed by atoms with Crippen LogP contribution >= 0.6 is 0 Å². The zero-order valence-corrected chi connectivity index (χ0v) is 17.8. The molecule has 6 nitrogen and oxygen atoms in total. The van der Waals surface area contributed by atoms with Crippen molar-refractivity contribution in [3.8, 4) is 0 Å². The number of anilines is 4. The van der Waals surface area contributed by atoms with Gasteiger partial charge < -0.3 is 10.6 Å². The minimum atomic E-state index is -0.287. The summed E-state index contributed by atoms with van der Waals surface area (Å²) in [4.78, 5) is 11.6. The number of imidazole rings is 1. The Hall–Kier alpha value is -4.58. The smallest absolute Gasteiger partial charge is 0.212 e. The summed E-state index contributed by atoms with van der Waals surface area (Å²) in [5.41, 5.74) is 12.3. The normalized spacial score (nSPS) is 14.9. The number of para-hydroxylation sites is 4. The maximum Gasteiger partial charge on any atom is 0.212 e. The highest BCUT2D eigenvalue weighted by atomic mass is 15.4. The molecule has 0 aliphatic carbocycles. The molecule has 1 atom stereocenters. The van der Waals surface area contributed by atoms with Crippen LogP contribution in [0.5, 0.6) is 0 Å². The number of fused-ring (bicyclic) bond motifs is 3. The summed E-state index contributed by atoms with van der Waals surface area (Å²) in [6.07, 6.45) is -0.287. The second kappa shape index (κ2) is 7.84. The molecule has 1 aromatic heterocycles. The van der Waals surface area contributed by atoms with Crippen molar-refractivity contribution >= 4 is 40.0 Å². The summed E-state index contributed by atoms with van der Waals surface area (Å²) in [6.45, 7) is 0. The lowest BCUT2D eigenvalue weighted by atomic mass is 10.1. The van der Waals surface area contributed by atoms with Crippen LogP contribution in [0.25, 0.3) is 11.0 Å². The number of rotatable bonds is 4. The zero-order chi connectivity index (χ0) is 22.2. The molecule has 4 aromatic carbocycles. The van der Waals surface area contributed by atoms with Crippen molar-refractivity contribution in [3.05, 3.63) is 115 Å². The standard InChI is InChI=1S/C27H22N6/c28-26-30-25(33-24-14-8-7-13-23(24)29-27(33)31-26)19-15-17-22(18-16-19)32(20-9-3-1-4-10-20)21-11-5-2-6-12-21/h1-18,25H,(H3,28,29,30,31). The predicted octanol–water partition coefficient (Wildman–Crippen LogP) is 5.79. The second-order valence-electron chi connectivity index (χ2n) is 7.91. The van der Waals surface area contributed by atoms with Gasteiger partial charge in [-0.2, -0.15) is 0 Å². The third-order valence-electron chi connectivity index (χ3n) is 5.82. The molecule has 3 N–H and O–H groups in total. The maximum atomic E-state index is 6.11. The van der Waals surface area contributed by atoms with Crippen molar-refractivity contribution < 1.29 is 0 Å². The van der Waals surface area contributed by atoms with Gasteiger partial charge in [-0.3, -0.25) is 9.88 Å². The summed E-state index contributed by atoms with van der Waals surface area (Å²) < 4.78 is 2.09. The van der Waals surface area contributed by atoms with Crippen LogP contribution in [0.3, 0.4) is 0 Å². The van der Waals surface area contributed by atoms with Gasteiger partial charge in [-0.1, -0.05) is 60.7 Å². The highest BCUT2D eigenvalue weighted by Gasteiger charge is 2.25. The molecule has 33 heavy (non-hydrogen) atoms. The molecule has 0 saturated heterocycles. The van der Waals surface area contributed by atoms with Crippen molar-refractivity contribution in [2.45, 2.75) is 6.17 Å². The molecule has 160 valence electrons. The van der Waals surface area contributed by atoms with Gasteiger partial charge in [0.15, 0.2) is 12.1 Å². The van der Waals surface area contributed by atoms with Crippen LogP contribution in [0.2, 0.25) is 0 Å². The second-order valence-corrected chi connectivity index (χ2v) is 7.91. The molecule has 6 rings (SSSR count). The quantitative estimate of drug-likeness (QED) is 0.378. The molecule has 0 spiro atoms. The lowest BCUT2D eigenvalue weighted by Gasteiger charge is -2.27. The highest BCUT2D eigenvalue weighted by molar-refractivity contribution is 5.94. The van der Waals surface area contributed by atoms with Gasteiger partial charge in [0.25, 0.3) is 0 Å². The Labute approximate surface area is 191 Å². The first-order chi connectivity index (χ1) is 16.3. The molecule has 0 fully saturated rings. The topological polar surface area (TPSA) is 71.5 Å². The molecule has 1 aliphatic rings. The number of nitrogens with one attached hydrogen (secondary N) is 1. The van der Waals surface area contributed by atoms with E-state index in [1.54, 1.807) is 0 Å². The summed E-state index contributed by atoms with van der Waals surface area (Å²) in [7, 11) is 0. The van der Waals surface area contributed by atoms with E-state index in [4.69, 9.17) is 10.7 Å². The van der Waals surface area contributed by atoms with E-state index in [-0.39, 0.29) is 6.17 Å². The van der Waals surface area contributed by atoms with Gasteiger partial charge in [-0.05, 0) is 54.1 Å². The first-order valence-corrected chi connectivity index (χ1v) is 10.9. The third kappa shape index (κ3) is 3.38. The lowest BCUT2D eigenvalue weighted by Crippen LogP contribution is -2.31. The van der Waals surface area contributed by atoms with E-state index >= 15 is 0 Å². The van der Waals surface area contributed by atoms with E-state index in [0.29, 0.717) is 11.9 Å². The van der Waals surface area contributed by atoms with Gasteiger partial charge in [-0.15, -0.1) is 0 Å². The number of nitrogens with zero attached hydrogens (tertiary/aromatic N) is 4. The van der Waals surface area contributed by atoms with E-state index in [0.717, 1.165) is 33.7 Å². The highest BCUT2D eigenvalue weighted by Crippen LogP contribution is 2.37. The number of hydrogen-bond donors (Lipinski definition) is 2. The fourth-order valence-electron chi connectivity index (χ4n) is 4.34. The van der Waals surface area contributed by atoms with Crippen LogP contribution in [0.15, 0.2) is 114 Å². The van der Waals surface area contributed by atoms with E-state index in [9.17, 15) is 0 Å². The first kappa shape index (κ1) is 19.1. The van der Waals surface area contributed by atoms with Crippen molar-refractivity contribution in [3.63, 3.8) is 0 Å². The Morgan fingerprint density at radius 3 is 1.94 bits per heavy atom. The number of benzene rings is 4. The molecule has 6 heteroatoms. The van der Waals surface area contributed by atoms with Gasteiger partial charge >= 0.3 is 0 Å². The van der Waals surface area contributed by atoms with Crippen LogP contribution < -0.4 is 16.0 Å². The largest absolute Gasteiger partial charge is 0.370 e. The van der Waals surface area contributed by atoms with Crippen LogP contribution in [0.4, 0.5) is 23.0 Å². The minimum Gasteiger partial charge on any atom is -0.370 e. The summed E-state index contributed by atoms with van der Waals surface area (Å²) in [6, 6.07) is 37.2. The third-order valence-corrected chi connectivity index (χ3v) is 5.82. The minimum absolute atomic E-state index is 0.287. The molecule has 0 amide bonds. The van der Waals surface area contributed by atoms with Crippen molar-refractivity contribution in [2.24, 2.45) is 10.7 Å². The monoisotopic (exact) mass is 430 g/mol. The average Bonchev–Trinajstić information content (AvgIpc) is 3.24. The zero-order valence-electron chi connectivity index (χ0n) is 17.8. The SMILES string of the molecule is NC1=NC(c2ccc(N(c3ccccc3)c3ccccc3)cc2)n2c(nc3ccccc32)N1. The van der Waals surface area contributed by atoms with Crippen molar-refractivity contribution in [1.29, 1.82) is 0 Å². The molecule has 1 aliphatic heterocycles. The number of aromatic nitrogens is 2. The molecular weight excluding hydrogens is 408 g/mol. The molecule has 0 saturated carbocycles. The average molecular weight is 431 g/mol. The number of aliphatic imine (C=N–C) groups is 1. The maximum absolute atomic E-state index is 6.11. The number of hydrogen-bond acceptors (Lipinski definition) is 5. The van der Waals surface area contributed by atoms with Gasteiger partial charge in [0.1, 0.15) is 0 Å². The summed E-state index contributed by atoms with van der Waals surface area (Å²) in [5.74, 6) is 1.06. The van der Waals surface area contributed by atoms with Gasteiger partial charge in [0, 0.05) is 17.1 Å². The molecule has 1 unspecified atom stereocenters. The molecule has 5 aromatic rings. The van der Waals surface area contributed by atoms with Crippen LogP contribution in [0.1, 0.15) is 11.7 Å². The van der Waals surface area contributed by atoms with Crippen molar-refractivity contribution in [1.82, 2.24) is 9.55 Å².